The Labute approximate surface area is 240 Å². The number of para-hydroxylation sites is 1. The standard InChI is InChI=1S/C32H34N4O4S/c1-31(2)17-24-18-32(3,20-31)21-36(24)41(39,40)25-15-13-23(14-16-25)29(37)34-33-28-26-11-7-8-12-27(26)35(30(28)38)19-22-9-5-4-6-10-22/h4-16,24,38H,17-21H2,1-3H3/t24-,32-/m1/s1. The Morgan fingerprint density at radius 1 is 0.951 bits per heavy atom. The molecule has 3 aromatic carbocycles. The smallest absolute Gasteiger partial charge is 0.295 e. The number of rotatable bonds is 6. The molecule has 6 rings (SSSR count). The summed E-state index contributed by atoms with van der Waals surface area (Å²) in [6.07, 6.45) is 2.72. The maximum atomic E-state index is 13.6. The largest absolute Gasteiger partial charge is 0.493 e. The fraction of sp³-hybridized carbons (Fsp3) is 0.344. The normalized spacial score (nSPS) is 22.5. The average Bonchev–Trinajstić information content (AvgIpc) is 3.36. The summed E-state index contributed by atoms with van der Waals surface area (Å²) in [5, 5.41) is 19.7. The number of sulfonamides is 1. The number of fused-ring (bicyclic) bond motifs is 3. The van der Waals surface area contributed by atoms with Crippen LogP contribution in [0.5, 0.6) is 5.88 Å². The van der Waals surface area contributed by atoms with Crippen molar-refractivity contribution in [1.82, 2.24) is 8.87 Å². The Morgan fingerprint density at radius 3 is 2.37 bits per heavy atom. The molecule has 0 spiro atoms. The predicted molar refractivity (Wildman–Crippen MR) is 158 cm³/mol. The number of aromatic nitrogens is 1. The maximum absolute atomic E-state index is 13.6. The molecule has 2 fully saturated rings. The molecule has 212 valence electrons. The van der Waals surface area contributed by atoms with Crippen molar-refractivity contribution in [3.63, 3.8) is 0 Å². The van der Waals surface area contributed by atoms with E-state index in [2.05, 4.69) is 31.0 Å². The molecule has 1 N–H and O–H groups in total. The molecule has 0 unspecified atom stereocenters. The Morgan fingerprint density at radius 2 is 1.63 bits per heavy atom. The second kappa shape index (κ2) is 9.92. The first-order valence-electron chi connectivity index (χ1n) is 13.9. The highest BCUT2D eigenvalue weighted by Gasteiger charge is 2.53. The van der Waals surface area contributed by atoms with Crippen molar-refractivity contribution in [2.75, 3.05) is 6.54 Å². The molecule has 2 atom stereocenters. The van der Waals surface area contributed by atoms with E-state index in [4.69, 9.17) is 0 Å². The van der Waals surface area contributed by atoms with Crippen LogP contribution >= 0.6 is 0 Å². The molecule has 1 aliphatic heterocycles. The van der Waals surface area contributed by atoms with Gasteiger partial charge >= 0.3 is 0 Å². The van der Waals surface area contributed by atoms with Gasteiger partial charge in [0.05, 0.1) is 17.0 Å². The minimum atomic E-state index is -3.70. The molecule has 8 nitrogen and oxygen atoms in total. The average molecular weight is 571 g/mol. The van der Waals surface area contributed by atoms with Crippen molar-refractivity contribution in [2.45, 2.75) is 57.5 Å². The third kappa shape index (κ3) is 5.08. The molecule has 2 heterocycles. The summed E-state index contributed by atoms with van der Waals surface area (Å²) in [7, 11) is -3.70. The van der Waals surface area contributed by atoms with Gasteiger partial charge in [0.15, 0.2) is 5.69 Å². The quantitative estimate of drug-likeness (QED) is 0.254. The highest BCUT2D eigenvalue weighted by Crippen LogP contribution is 2.53. The van der Waals surface area contributed by atoms with E-state index in [9.17, 15) is 18.3 Å². The zero-order valence-corrected chi connectivity index (χ0v) is 24.3. The predicted octanol–water partition coefficient (Wildman–Crippen LogP) is 6.91. The van der Waals surface area contributed by atoms with E-state index >= 15 is 0 Å². The number of azo groups is 1. The number of amides is 1. The summed E-state index contributed by atoms with van der Waals surface area (Å²) in [6, 6.07) is 23.0. The second-order valence-electron chi connectivity index (χ2n) is 12.6. The molecule has 9 heteroatoms. The maximum Gasteiger partial charge on any atom is 0.295 e. The van der Waals surface area contributed by atoms with Crippen LogP contribution in [0.25, 0.3) is 10.9 Å². The van der Waals surface area contributed by atoms with E-state index < -0.39 is 15.9 Å². The van der Waals surface area contributed by atoms with Gasteiger partial charge in [-0.3, -0.25) is 4.79 Å². The van der Waals surface area contributed by atoms with Crippen LogP contribution in [0.15, 0.2) is 94.0 Å². The molecule has 1 aliphatic carbocycles. The summed E-state index contributed by atoms with van der Waals surface area (Å²) < 4.78 is 30.6. The molecule has 1 saturated heterocycles. The van der Waals surface area contributed by atoms with Gasteiger partial charge in [-0.2, -0.15) is 4.31 Å². The van der Waals surface area contributed by atoms with E-state index in [1.165, 1.54) is 24.3 Å². The van der Waals surface area contributed by atoms with Crippen LogP contribution in [-0.2, 0) is 16.6 Å². The van der Waals surface area contributed by atoms with Crippen molar-refractivity contribution in [3.05, 3.63) is 90.0 Å². The van der Waals surface area contributed by atoms with Crippen molar-refractivity contribution >= 4 is 32.5 Å². The van der Waals surface area contributed by atoms with Gasteiger partial charge in [0, 0.05) is 23.5 Å². The molecule has 2 aliphatic rings. The van der Waals surface area contributed by atoms with Gasteiger partial charge in [0.25, 0.3) is 5.91 Å². The summed E-state index contributed by atoms with van der Waals surface area (Å²) in [5.41, 5.74) is 2.29. The van der Waals surface area contributed by atoms with Crippen LogP contribution < -0.4 is 0 Å². The third-order valence-electron chi connectivity index (χ3n) is 8.42. The van der Waals surface area contributed by atoms with Gasteiger partial charge in [0.1, 0.15) is 0 Å². The molecule has 1 saturated carbocycles. The lowest BCUT2D eigenvalue weighted by molar-refractivity contribution is 0.0995. The Bertz CT molecular complexity index is 1760. The number of carbonyl (C=O) groups is 1. The first-order valence-corrected chi connectivity index (χ1v) is 15.3. The number of aromatic hydroxyl groups is 1. The Balaban J connectivity index is 1.23. The number of nitrogens with zero attached hydrogens (tertiary/aromatic N) is 4. The van der Waals surface area contributed by atoms with Gasteiger partial charge in [-0.25, -0.2) is 8.42 Å². The fourth-order valence-corrected chi connectivity index (χ4v) is 8.82. The van der Waals surface area contributed by atoms with Crippen LogP contribution in [0, 0.1) is 10.8 Å². The van der Waals surface area contributed by atoms with Crippen molar-refractivity contribution in [3.8, 4) is 5.88 Å². The molecular weight excluding hydrogens is 536 g/mol. The molecule has 0 radical (unpaired) electrons. The van der Waals surface area contributed by atoms with Gasteiger partial charge < -0.3 is 9.67 Å². The lowest BCUT2D eigenvalue weighted by atomic mass is 9.65. The third-order valence-corrected chi connectivity index (χ3v) is 10.3. The summed E-state index contributed by atoms with van der Waals surface area (Å²) >= 11 is 0. The molecule has 1 aromatic heterocycles. The Hall–Kier alpha value is -3.82. The van der Waals surface area contributed by atoms with E-state index in [-0.39, 0.29) is 38.9 Å². The van der Waals surface area contributed by atoms with E-state index in [1.807, 2.05) is 54.6 Å². The highest BCUT2D eigenvalue weighted by molar-refractivity contribution is 7.89. The minimum Gasteiger partial charge on any atom is -0.493 e. The van der Waals surface area contributed by atoms with E-state index in [1.54, 1.807) is 8.87 Å². The monoisotopic (exact) mass is 570 g/mol. The van der Waals surface area contributed by atoms with Crippen LogP contribution in [-0.4, -0.2) is 40.9 Å². The lowest BCUT2D eigenvalue weighted by Gasteiger charge is -2.39. The highest BCUT2D eigenvalue weighted by atomic mass is 32.2. The van der Waals surface area contributed by atoms with Gasteiger partial charge in [-0.1, -0.05) is 69.3 Å². The summed E-state index contributed by atoms with van der Waals surface area (Å²) in [5.74, 6) is -0.708. The second-order valence-corrected chi connectivity index (χ2v) is 14.4. The van der Waals surface area contributed by atoms with E-state index in [0.717, 1.165) is 30.3 Å². The zero-order valence-electron chi connectivity index (χ0n) is 23.5. The molecular formula is C32H34N4O4S. The summed E-state index contributed by atoms with van der Waals surface area (Å²) in [6.45, 7) is 7.55. The lowest BCUT2D eigenvalue weighted by Crippen LogP contribution is -2.37. The number of hydrogen-bond acceptors (Lipinski definition) is 5. The van der Waals surface area contributed by atoms with Crippen LogP contribution in [0.1, 0.15) is 56.0 Å². The van der Waals surface area contributed by atoms with Gasteiger partial charge in [0.2, 0.25) is 15.9 Å². The zero-order chi connectivity index (χ0) is 29.0. The van der Waals surface area contributed by atoms with E-state index in [0.29, 0.717) is 18.5 Å². The van der Waals surface area contributed by atoms with Crippen molar-refractivity contribution in [2.24, 2.45) is 21.1 Å². The van der Waals surface area contributed by atoms with Crippen LogP contribution in [0.3, 0.4) is 0 Å². The number of carbonyl (C=O) groups excluding carboxylic acids is 1. The fourth-order valence-electron chi connectivity index (χ4n) is 7.04. The SMILES string of the molecule is CC1(C)C[C@@H]2C[C@@](C)(CN2S(=O)(=O)c2ccc(C(=O)N=Nc3c(O)n(Cc4ccccc4)c4ccccc34)cc2)C1. The van der Waals surface area contributed by atoms with Crippen molar-refractivity contribution in [1.29, 1.82) is 0 Å². The molecule has 4 aromatic rings. The van der Waals surface area contributed by atoms with Crippen molar-refractivity contribution < 1.29 is 18.3 Å². The van der Waals surface area contributed by atoms with Crippen LogP contribution in [0.4, 0.5) is 5.69 Å². The Kier molecular flexibility index (Phi) is 6.62. The number of benzene rings is 3. The van der Waals surface area contributed by atoms with Gasteiger partial charge in [-0.15, -0.1) is 10.2 Å². The minimum absolute atomic E-state index is 0.0134. The van der Waals surface area contributed by atoms with Gasteiger partial charge in [-0.05, 0) is 66.0 Å². The van der Waals surface area contributed by atoms with Crippen LogP contribution in [0.2, 0.25) is 0 Å². The molecule has 41 heavy (non-hydrogen) atoms. The molecule has 1 amide bonds. The number of hydrogen-bond donors (Lipinski definition) is 1. The molecule has 2 bridgehead atoms. The summed E-state index contributed by atoms with van der Waals surface area (Å²) in [4.78, 5) is 13.1. The first kappa shape index (κ1) is 27.4. The topological polar surface area (TPSA) is 104 Å². The first-order chi connectivity index (χ1) is 19.5.